The first-order chi connectivity index (χ1) is 7.17. The third-order valence-electron chi connectivity index (χ3n) is 2.13. The van der Waals surface area contributed by atoms with Crippen molar-refractivity contribution in [3.63, 3.8) is 0 Å². The molecule has 1 aromatic rings. The normalized spacial score (nSPS) is 11.4. The topological polar surface area (TPSA) is 69.9 Å². The van der Waals surface area contributed by atoms with Gasteiger partial charge in [0, 0.05) is 0 Å². The highest BCUT2D eigenvalue weighted by Gasteiger charge is 2.08. The standard InChI is InChI=1S/C11H13NO3/c1-2-8-3-5-9(6-4-8)10(12-15)7-11(13)14/h3-6,15H,2,7H2,1H3,(H,13,14)/b12-10-. The van der Waals surface area contributed by atoms with Crippen molar-refractivity contribution in [1.82, 2.24) is 0 Å². The van der Waals surface area contributed by atoms with Crippen molar-refractivity contribution >= 4 is 11.7 Å². The average Bonchev–Trinajstić information content (AvgIpc) is 2.26. The summed E-state index contributed by atoms with van der Waals surface area (Å²) in [5, 5.41) is 20.3. The molecular formula is C11H13NO3. The SMILES string of the molecule is CCc1ccc(/C(CC(=O)O)=N\O)cc1. The summed E-state index contributed by atoms with van der Waals surface area (Å²) < 4.78 is 0. The first-order valence-electron chi connectivity index (χ1n) is 4.69. The molecule has 0 unspecified atom stereocenters. The van der Waals surface area contributed by atoms with Crippen LogP contribution in [0.5, 0.6) is 0 Å². The molecule has 2 N–H and O–H groups in total. The number of hydrogen-bond donors (Lipinski definition) is 2. The molecule has 0 aliphatic carbocycles. The van der Waals surface area contributed by atoms with Gasteiger partial charge in [0.25, 0.3) is 0 Å². The Morgan fingerprint density at radius 3 is 2.33 bits per heavy atom. The van der Waals surface area contributed by atoms with Gasteiger partial charge in [0.15, 0.2) is 0 Å². The van der Waals surface area contributed by atoms with Crippen molar-refractivity contribution in [2.45, 2.75) is 19.8 Å². The maximum absolute atomic E-state index is 10.5. The number of hydrogen-bond acceptors (Lipinski definition) is 3. The molecule has 0 saturated carbocycles. The number of nitrogens with zero attached hydrogens (tertiary/aromatic N) is 1. The first-order valence-corrected chi connectivity index (χ1v) is 4.69. The highest BCUT2D eigenvalue weighted by atomic mass is 16.4. The van der Waals surface area contributed by atoms with Gasteiger partial charge < -0.3 is 10.3 Å². The van der Waals surface area contributed by atoms with E-state index in [4.69, 9.17) is 10.3 Å². The Morgan fingerprint density at radius 1 is 1.33 bits per heavy atom. The fourth-order valence-electron chi connectivity index (χ4n) is 1.27. The van der Waals surface area contributed by atoms with Gasteiger partial charge in [-0.1, -0.05) is 36.3 Å². The Balaban J connectivity index is 2.89. The maximum atomic E-state index is 10.5. The van der Waals surface area contributed by atoms with E-state index in [1.165, 1.54) is 0 Å². The summed E-state index contributed by atoms with van der Waals surface area (Å²) in [6.45, 7) is 2.04. The number of rotatable bonds is 4. The molecule has 80 valence electrons. The second kappa shape index (κ2) is 5.14. The van der Waals surface area contributed by atoms with Crippen molar-refractivity contribution in [2.75, 3.05) is 0 Å². The predicted octanol–water partition coefficient (Wildman–Crippen LogP) is 1.90. The van der Waals surface area contributed by atoms with Crippen LogP contribution in [0, 0.1) is 0 Å². The van der Waals surface area contributed by atoms with Crippen LogP contribution >= 0.6 is 0 Å². The highest BCUT2D eigenvalue weighted by molar-refractivity contribution is 6.08. The molecule has 0 atom stereocenters. The second-order valence-electron chi connectivity index (χ2n) is 3.17. The van der Waals surface area contributed by atoms with Crippen molar-refractivity contribution in [3.05, 3.63) is 35.4 Å². The zero-order chi connectivity index (χ0) is 11.3. The van der Waals surface area contributed by atoms with Gasteiger partial charge in [0.05, 0.1) is 12.1 Å². The Hall–Kier alpha value is -1.84. The zero-order valence-corrected chi connectivity index (χ0v) is 8.47. The fourth-order valence-corrected chi connectivity index (χ4v) is 1.27. The molecular weight excluding hydrogens is 194 g/mol. The lowest BCUT2D eigenvalue weighted by atomic mass is 10.0. The summed E-state index contributed by atoms with van der Waals surface area (Å²) in [6.07, 6.45) is 0.646. The average molecular weight is 207 g/mol. The summed E-state index contributed by atoms with van der Waals surface area (Å²) in [6, 6.07) is 7.30. The van der Waals surface area contributed by atoms with Crippen molar-refractivity contribution in [3.8, 4) is 0 Å². The van der Waals surface area contributed by atoms with Gasteiger partial charge >= 0.3 is 5.97 Å². The number of carboxylic acids is 1. The molecule has 0 bridgehead atoms. The van der Waals surface area contributed by atoms with E-state index in [2.05, 4.69) is 5.16 Å². The molecule has 0 saturated heterocycles. The van der Waals surface area contributed by atoms with Crippen LogP contribution in [-0.4, -0.2) is 22.0 Å². The van der Waals surface area contributed by atoms with Crippen LogP contribution in [0.2, 0.25) is 0 Å². The van der Waals surface area contributed by atoms with Crippen LogP contribution in [0.4, 0.5) is 0 Å². The molecule has 0 aliphatic heterocycles. The van der Waals surface area contributed by atoms with Gasteiger partial charge in [0.1, 0.15) is 0 Å². The number of aryl methyl sites for hydroxylation is 1. The molecule has 1 aromatic carbocycles. The van der Waals surface area contributed by atoms with Crippen molar-refractivity contribution in [1.29, 1.82) is 0 Å². The second-order valence-corrected chi connectivity index (χ2v) is 3.17. The summed E-state index contributed by atoms with van der Waals surface area (Å²) in [5.41, 5.74) is 1.97. The molecule has 1 rings (SSSR count). The van der Waals surface area contributed by atoms with Gasteiger partial charge in [-0.15, -0.1) is 0 Å². The van der Waals surface area contributed by atoms with Gasteiger partial charge in [-0.3, -0.25) is 4.79 Å². The lowest BCUT2D eigenvalue weighted by Crippen LogP contribution is -2.08. The van der Waals surface area contributed by atoms with Crippen LogP contribution in [-0.2, 0) is 11.2 Å². The fraction of sp³-hybridized carbons (Fsp3) is 0.273. The largest absolute Gasteiger partial charge is 0.481 e. The summed E-state index contributed by atoms with van der Waals surface area (Å²) >= 11 is 0. The van der Waals surface area contributed by atoms with Crippen LogP contribution in [0.3, 0.4) is 0 Å². The smallest absolute Gasteiger partial charge is 0.309 e. The van der Waals surface area contributed by atoms with Crippen LogP contribution in [0.1, 0.15) is 24.5 Å². The van der Waals surface area contributed by atoms with E-state index >= 15 is 0 Å². The van der Waals surface area contributed by atoms with Crippen molar-refractivity contribution < 1.29 is 15.1 Å². The van der Waals surface area contributed by atoms with E-state index in [9.17, 15) is 4.79 Å². The predicted molar refractivity (Wildman–Crippen MR) is 56.4 cm³/mol. The van der Waals surface area contributed by atoms with Gasteiger partial charge in [-0.05, 0) is 17.5 Å². The van der Waals surface area contributed by atoms with Crippen LogP contribution in [0.15, 0.2) is 29.4 Å². The first kappa shape index (κ1) is 11.2. The van der Waals surface area contributed by atoms with Crippen molar-refractivity contribution in [2.24, 2.45) is 5.16 Å². The zero-order valence-electron chi connectivity index (χ0n) is 8.47. The number of carbonyl (C=O) groups is 1. The summed E-state index contributed by atoms with van der Waals surface area (Å²) in [7, 11) is 0. The molecule has 0 aromatic heterocycles. The Kier molecular flexibility index (Phi) is 3.85. The quantitative estimate of drug-likeness (QED) is 0.450. The minimum Gasteiger partial charge on any atom is -0.481 e. The monoisotopic (exact) mass is 207 g/mol. The lowest BCUT2D eigenvalue weighted by Gasteiger charge is -2.02. The highest BCUT2D eigenvalue weighted by Crippen LogP contribution is 2.08. The van der Waals surface area contributed by atoms with E-state index in [0.717, 1.165) is 12.0 Å². The Labute approximate surface area is 87.9 Å². The molecule has 0 heterocycles. The number of carboxylic acid groups (broad SMARTS) is 1. The van der Waals surface area contributed by atoms with Gasteiger partial charge in [-0.2, -0.15) is 0 Å². The minimum atomic E-state index is -1.01. The number of benzene rings is 1. The molecule has 0 fully saturated rings. The number of aliphatic carboxylic acids is 1. The molecule has 0 spiro atoms. The van der Waals surface area contributed by atoms with E-state index in [0.29, 0.717) is 5.56 Å². The van der Waals surface area contributed by atoms with E-state index in [1.54, 1.807) is 12.1 Å². The molecule has 15 heavy (non-hydrogen) atoms. The van der Waals surface area contributed by atoms with Gasteiger partial charge in [0.2, 0.25) is 0 Å². The number of oxime groups is 1. The molecule has 0 amide bonds. The molecule has 4 heteroatoms. The third-order valence-corrected chi connectivity index (χ3v) is 2.13. The Morgan fingerprint density at radius 2 is 1.93 bits per heavy atom. The van der Waals surface area contributed by atoms with E-state index in [1.807, 2.05) is 19.1 Å². The summed E-state index contributed by atoms with van der Waals surface area (Å²) in [5.74, 6) is -1.01. The minimum absolute atomic E-state index is 0.171. The van der Waals surface area contributed by atoms with E-state index in [-0.39, 0.29) is 12.1 Å². The van der Waals surface area contributed by atoms with Gasteiger partial charge in [-0.25, -0.2) is 0 Å². The van der Waals surface area contributed by atoms with Crippen LogP contribution < -0.4 is 0 Å². The van der Waals surface area contributed by atoms with Crippen LogP contribution in [0.25, 0.3) is 0 Å². The maximum Gasteiger partial charge on any atom is 0.309 e. The van der Waals surface area contributed by atoms with E-state index < -0.39 is 5.97 Å². The molecule has 0 aliphatic rings. The Bertz CT molecular complexity index is 368. The lowest BCUT2D eigenvalue weighted by molar-refractivity contribution is -0.135. The molecule has 4 nitrogen and oxygen atoms in total. The molecule has 0 radical (unpaired) electrons. The summed E-state index contributed by atoms with van der Waals surface area (Å²) in [4.78, 5) is 10.5. The third kappa shape index (κ3) is 3.09.